The fourth-order valence-corrected chi connectivity index (χ4v) is 6.08. The van der Waals surface area contributed by atoms with E-state index in [1.807, 2.05) is 12.1 Å². The lowest BCUT2D eigenvalue weighted by molar-refractivity contribution is 0.192. The molecule has 0 aliphatic carbocycles. The summed E-state index contributed by atoms with van der Waals surface area (Å²) in [7, 11) is 2.16. The molecule has 0 aliphatic rings. The number of aliphatic hydroxyl groups excluding tert-OH is 1. The number of rotatable bonds is 23. The Morgan fingerprint density at radius 3 is 1.92 bits per heavy atom. The summed E-state index contributed by atoms with van der Waals surface area (Å²) in [5, 5.41) is 9.04. The monoisotopic (exact) mass is 713 g/mol. The first-order valence-electron chi connectivity index (χ1n) is 19.0. The quantitative estimate of drug-likeness (QED) is 0.0662. The summed E-state index contributed by atoms with van der Waals surface area (Å²) in [4.78, 5) is 26.2. The summed E-state index contributed by atoms with van der Waals surface area (Å²) >= 11 is 0. The highest BCUT2D eigenvalue weighted by atomic mass is 16.5. The number of unbranched alkanes of at least 4 members (excludes halogenated alkanes) is 1. The zero-order valence-electron chi connectivity index (χ0n) is 32.9. The van der Waals surface area contributed by atoms with Crippen LogP contribution in [0.5, 0.6) is 6.01 Å². The summed E-state index contributed by atoms with van der Waals surface area (Å²) in [5.41, 5.74) is 16.0. The number of H-pyrrole nitrogens is 1. The van der Waals surface area contributed by atoms with E-state index in [9.17, 15) is 4.79 Å². The number of nitrogens with one attached hydrogen (secondary N) is 1. The molecular weight excluding hydrogens is 649 g/mol. The van der Waals surface area contributed by atoms with Crippen molar-refractivity contribution in [2.24, 2.45) is 0 Å². The molecule has 0 fully saturated rings. The van der Waals surface area contributed by atoms with Crippen molar-refractivity contribution in [2.75, 3.05) is 32.5 Å². The molecule has 3 rings (SSSR count). The number of imidazole rings is 1. The molecule has 3 aromatic rings. The molecule has 2 heterocycles. The summed E-state index contributed by atoms with van der Waals surface area (Å²) in [6, 6.07) is 8.33. The normalized spacial score (nSPS) is 13.0. The van der Waals surface area contributed by atoms with E-state index < -0.39 is 0 Å². The van der Waals surface area contributed by atoms with Crippen molar-refractivity contribution in [1.82, 2.24) is 24.4 Å². The molecule has 0 aliphatic heterocycles. The Morgan fingerprint density at radius 2 is 1.35 bits per heavy atom. The summed E-state index contributed by atoms with van der Waals surface area (Å²) in [6.07, 6.45) is 23.3. The van der Waals surface area contributed by atoms with Crippen LogP contribution >= 0.6 is 0 Å². The molecule has 52 heavy (non-hydrogen) atoms. The van der Waals surface area contributed by atoms with Gasteiger partial charge in [-0.05, 0) is 130 Å². The molecule has 0 bridgehead atoms. The lowest BCUT2D eigenvalue weighted by atomic mass is 10.0. The number of nitrogens with zero attached hydrogens (tertiary/aromatic N) is 4. The van der Waals surface area contributed by atoms with Crippen LogP contribution in [0, 0.1) is 0 Å². The van der Waals surface area contributed by atoms with Gasteiger partial charge in [0.25, 0.3) is 0 Å². The Morgan fingerprint density at radius 1 is 0.808 bits per heavy atom. The van der Waals surface area contributed by atoms with E-state index in [0.29, 0.717) is 17.7 Å². The first kappa shape index (κ1) is 42.2. The average molecular weight is 713 g/mol. The number of nitrogens with two attached hydrogens (primary N) is 1. The predicted molar refractivity (Wildman–Crippen MR) is 218 cm³/mol. The van der Waals surface area contributed by atoms with Gasteiger partial charge in [0.15, 0.2) is 11.5 Å². The number of nitrogen functional groups attached to an aromatic ring is 1. The third-order valence-corrected chi connectivity index (χ3v) is 9.19. The SMILES string of the molecule is CC(C)=CCC/C(C)=C/CC/C(C)=C/CC/C=C(\C)CC/C=C(\C)CCCN(C)Cc1ccc(Cn2c(=O)[nH]c3c(N)nc(OCCO)nc32)cc1. The predicted octanol–water partition coefficient (Wildman–Crippen LogP) is 9.21. The maximum atomic E-state index is 12.7. The molecule has 9 nitrogen and oxygen atoms in total. The Hall–Kier alpha value is -4.21. The molecule has 0 radical (unpaired) electrons. The van der Waals surface area contributed by atoms with Gasteiger partial charge < -0.3 is 25.5 Å². The number of benzene rings is 1. The highest BCUT2D eigenvalue weighted by Crippen LogP contribution is 2.19. The minimum atomic E-state index is -0.320. The number of aliphatic hydroxyl groups is 1. The molecule has 0 spiro atoms. The Bertz CT molecular complexity index is 1750. The van der Waals surface area contributed by atoms with E-state index in [0.717, 1.165) is 76.4 Å². The molecule has 4 N–H and O–H groups in total. The van der Waals surface area contributed by atoms with Gasteiger partial charge in [0.2, 0.25) is 0 Å². The molecule has 9 heteroatoms. The minimum absolute atomic E-state index is 0.0268. The van der Waals surface area contributed by atoms with Gasteiger partial charge in [0.1, 0.15) is 12.1 Å². The van der Waals surface area contributed by atoms with E-state index in [4.69, 9.17) is 15.6 Å². The number of aromatic nitrogens is 4. The minimum Gasteiger partial charge on any atom is -0.461 e. The molecule has 0 amide bonds. The molecule has 2 aromatic heterocycles. The van der Waals surface area contributed by atoms with Crippen LogP contribution in [-0.2, 0) is 13.1 Å². The van der Waals surface area contributed by atoms with Crippen LogP contribution in [0.1, 0.15) is 117 Å². The lowest BCUT2D eigenvalue weighted by Crippen LogP contribution is -2.19. The van der Waals surface area contributed by atoms with Crippen LogP contribution in [0.15, 0.2) is 87.3 Å². The maximum Gasteiger partial charge on any atom is 0.328 e. The van der Waals surface area contributed by atoms with Crippen molar-refractivity contribution in [1.29, 1.82) is 0 Å². The summed E-state index contributed by atoms with van der Waals surface area (Å²) in [5.74, 6) is 0.126. The van der Waals surface area contributed by atoms with Gasteiger partial charge in [-0.15, -0.1) is 0 Å². The fraction of sp³-hybridized carbons (Fsp3) is 0.512. The number of hydrogen-bond acceptors (Lipinski definition) is 7. The van der Waals surface area contributed by atoms with Gasteiger partial charge in [0, 0.05) is 6.54 Å². The van der Waals surface area contributed by atoms with Crippen LogP contribution < -0.4 is 16.2 Å². The zero-order chi connectivity index (χ0) is 37.9. The van der Waals surface area contributed by atoms with E-state index in [1.54, 1.807) is 0 Å². The van der Waals surface area contributed by atoms with Crippen molar-refractivity contribution in [2.45, 2.75) is 119 Å². The van der Waals surface area contributed by atoms with E-state index >= 15 is 0 Å². The van der Waals surface area contributed by atoms with E-state index in [1.165, 1.54) is 44.4 Å². The van der Waals surface area contributed by atoms with Crippen molar-refractivity contribution < 1.29 is 9.84 Å². The fourth-order valence-electron chi connectivity index (χ4n) is 6.08. The Labute approximate surface area is 312 Å². The second kappa shape index (κ2) is 22.7. The Balaban J connectivity index is 1.34. The summed E-state index contributed by atoms with van der Waals surface area (Å²) in [6.45, 7) is 15.5. The molecule has 0 saturated heterocycles. The van der Waals surface area contributed by atoms with E-state index in [-0.39, 0.29) is 30.7 Å². The van der Waals surface area contributed by atoms with Crippen LogP contribution in [0.4, 0.5) is 5.82 Å². The highest BCUT2D eigenvalue weighted by molar-refractivity contribution is 5.81. The number of ether oxygens (including phenoxy) is 1. The van der Waals surface area contributed by atoms with Crippen molar-refractivity contribution in [3.8, 4) is 6.01 Å². The van der Waals surface area contributed by atoms with Crippen LogP contribution in [0.25, 0.3) is 11.2 Å². The zero-order valence-corrected chi connectivity index (χ0v) is 32.9. The van der Waals surface area contributed by atoms with Crippen molar-refractivity contribution in [3.05, 3.63) is 104 Å². The topological polar surface area (TPSA) is 122 Å². The number of hydrogen-bond donors (Lipinski definition) is 3. The number of fused-ring (bicyclic) bond motifs is 1. The molecular formula is C43H64N6O3. The summed E-state index contributed by atoms with van der Waals surface area (Å²) < 4.78 is 6.84. The second-order valence-electron chi connectivity index (χ2n) is 14.5. The Kier molecular flexibility index (Phi) is 18.4. The number of allylic oxidation sites excluding steroid dienone is 10. The number of anilines is 1. The highest BCUT2D eigenvalue weighted by Gasteiger charge is 2.15. The molecule has 0 atom stereocenters. The first-order chi connectivity index (χ1) is 24.9. The standard InChI is InChI=1S/C43H64N6O3/c1-32(2)14-10-17-35(5)20-11-18-33(3)15-8-9-16-34(4)19-12-21-36(6)22-13-27-48(7)30-37-23-25-38(26-24-37)31-49-41-39(45-43(49)51)40(44)46-42(47-41)52-29-28-50/h14-16,20-21,23-26,50H,8-13,17-19,22,27-31H2,1-7H3,(H,45,51)(H2,44,46,47)/b33-15+,34-16+,35-20+,36-21+. The van der Waals surface area contributed by atoms with Gasteiger partial charge in [0.05, 0.1) is 13.2 Å². The number of aromatic amines is 1. The molecule has 0 unspecified atom stereocenters. The van der Waals surface area contributed by atoms with Gasteiger partial charge in [-0.3, -0.25) is 4.57 Å². The van der Waals surface area contributed by atoms with Crippen LogP contribution in [0.3, 0.4) is 0 Å². The van der Waals surface area contributed by atoms with Crippen LogP contribution in [0.2, 0.25) is 0 Å². The molecule has 1 aromatic carbocycles. The first-order valence-corrected chi connectivity index (χ1v) is 19.0. The molecule has 0 saturated carbocycles. The van der Waals surface area contributed by atoms with Gasteiger partial charge in [-0.1, -0.05) is 82.5 Å². The van der Waals surface area contributed by atoms with Gasteiger partial charge >= 0.3 is 11.7 Å². The third-order valence-electron chi connectivity index (χ3n) is 9.19. The van der Waals surface area contributed by atoms with Gasteiger partial charge in [-0.25, -0.2) is 4.79 Å². The average Bonchev–Trinajstić information content (AvgIpc) is 3.41. The maximum absolute atomic E-state index is 12.7. The smallest absolute Gasteiger partial charge is 0.328 e. The molecule has 284 valence electrons. The third kappa shape index (κ3) is 15.6. The lowest BCUT2D eigenvalue weighted by Gasteiger charge is -2.17. The van der Waals surface area contributed by atoms with E-state index in [2.05, 4.69) is 111 Å². The van der Waals surface area contributed by atoms with Crippen molar-refractivity contribution in [3.63, 3.8) is 0 Å². The van der Waals surface area contributed by atoms with Crippen LogP contribution in [-0.4, -0.2) is 56.3 Å². The van der Waals surface area contributed by atoms with Crippen molar-refractivity contribution >= 4 is 17.0 Å². The van der Waals surface area contributed by atoms with Gasteiger partial charge in [-0.2, -0.15) is 9.97 Å². The second-order valence-corrected chi connectivity index (χ2v) is 14.5. The largest absolute Gasteiger partial charge is 0.461 e.